The summed E-state index contributed by atoms with van der Waals surface area (Å²) in [7, 11) is -4.13. The molecule has 0 atom stereocenters. The van der Waals surface area contributed by atoms with Gasteiger partial charge in [-0.1, -0.05) is 35.9 Å². The van der Waals surface area contributed by atoms with Crippen LogP contribution in [0.15, 0.2) is 70.5 Å². The number of carboxylic acids is 1. The molecule has 2 heterocycles. The van der Waals surface area contributed by atoms with Crippen LogP contribution in [0.25, 0.3) is 10.8 Å². The van der Waals surface area contributed by atoms with Crippen molar-refractivity contribution in [2.75, 3.05) is 11.3 Å². The predicted molar refractivity (Wildman–Crippen MR) is 137 cm³/mol. The van der Waals surface area contributed by atoms with E-state index in [0.717, 1.165) is 14.7 Å². The van der Waals surface area contributed by atoms with E-state index in [1.807, 2.05) is 31.4 Å². The van der Waals surface area contributed by atoms with E-state index >= 15 is 0 Å². The van der Waals surface area contributed by atoms with Gasteiger partial charge in [-0.3, -0.25) is 9.52 Å². The number of aryl methyl sites for hydroxylation is 2. The fraction of sp³-hybridized carbons (Fsp3) is 0.200. The number of aliphatic carboxylic acids is 1. The number of aromatic nitrogens is 1. The molecule has 2 N–H and O–H groups in total. The molecule has 11 heteroatoms. The maximum atomic E-state index is 13.0. The van der Waals surface area contributed by atoms with Crippen molar-refractivity contribution in [3.63, 3.8) is 0 Å². The number of hydrogen-bond acceptors (Lipinski definition) is 7. The van der Waals surface area contributed by atoms with E-state index < -0.39 is 22.7 Å². The Hall–Kier alpha value is -3.67. The summed E-state index contributed by atoms with van der Waals surface area (Å²) in [6, 6.07) is 17.5. The van der Waals surface area contributed by atoms with Gasteiger partial charge in [0, 0.05) is 12.2 Å². The number of benzene rings is 2. The van der Waals surface area contributed by atoms with E-state index in [1.54, 1.807) is 48.5 Å². The van der Waals surface area contributed by atoms with Crippen LogP contribution in [-0.2, 0) is 28.2 Å². The quantitative estimate of drug-likeness (QED) is 0.286. The van der Waals surface area contributed by atoms with Gasteiger partial charge >= 0.3 is 16.2 Å². The smallest absolute Gasteiger partial charge is 0.318 e. The van der Waals surface area contributed by atoms with Crippen molar-refractivity contribution in [2.24, 2.45) is 0 Å². The van der Waals surface area contributed by atoms with E-state index in [9.17, 15) is 18.3 Å². The van der Waals surface area contributed by atoms with E-state index in [2.05, 4.69) is 9.71 Å². The standard InChI is InChI=1S/C25H25N3O6S2/c1-17-8-10-20(11-9-17)27-36(31,32)28(15-24(29)30)14-19-5-3-6-21(13-19)33-16-22-18(2)34-25(26-22)23-7-4-12-35-23/h3-13,27H,14-16H2,1-2H3,(H,29,30). The van der Waals surface area contributed by atoms with Gasteiger partial charge in [0.25, 0.3) is 0 Å². The molecule has 9 nitrogen and oxygen atoms in total. The summed E-state index contributed by atoms with van der Waals surface area (Å²) < 4.78 is 40.8. The minimum absolute atomic E-state index is 0.157. The maximum absolute atomic E-state index is 13.0. The minimum atomic E-state index is -4.13. The molecule has 0 saturated heterocycles. The number of nitrogens with zero attached hydrogens (tertiary/aromatic N) is 2. The molecule has 0 amide bonds. The second-order valence-electron chi connectivity index (χ2n) is 8.07. The SMILES string of the molecule is Cc1ccc(NS(=O)(=O)N(CC(=O)O)Cc2cccc(OCc3nc(-c4cccs4)oc3C)c2)cc1. The maximum Gasteiger partial charge on any atom is 0.318 e. The van der Waals surface area contributed by atoms with E-state index in [-0.39, 0.29) is 13.2 Å². The number of hydrogen-bond donors (Lipinski definition) is 2. The van der Waals surface area contributed by atoms with Crippen molar-refractivity contribution in [1.29, 1.82) is 0 Å². The topological polar surface area (TPSA) is 122 Å². The van der Waals surface area contributed by atoms with E-state index in [0.29, 0.717) is 34.3 Å². The van der Waals surface area contributed by atoms with Crippen molar-refractivity contribution in [3.8, 4) is 16.5 Å². The van der Waals surface area contributed by atoms with Crippen molar-refractivity contribution in [3.05, 3.63) is 88.6 Å². The first kappa shape index (κ1) is 25.4. The summed E-state index contributed by atoms with van der Waals surface area (Å²) in [6.45, 7) is 3.01. The van der Waals surface area contributed by atoms with Crippen molar-refractivity contribution in [2.45, 2.75) is 27.0 Å². The number of rotatable bonds is 11. The molecule has 188 valence electrons. The molecule has 0 bridgehead atoms. The summed E-state index contributed by atoms with van der Waals surface area (Å²) in [6.07, 6.45) is 0. The number of carbonyl (C=O) groups is 1. The van der Waals surface area contributed by atoms with Gasteiger partial charge < -0.3 is 14.3 Å². The monoisotopic (exact) mass is 527 g/mol. The second kappa shape index (κ2) is 10.9. The third kappa shape index (κ3) is 6.51. The molecule has 0 aliphatic heterocycles. The van der Waals surface area contributed by atoms with Crippen LogP contribution in [0, 0.1) is 13.8 Å². The molecule has 36 heavy (non-hydrogen) atoms. The normalized spacial score (nSPS) is 11.5. The third-order valence-corrected chi connectivity index (χ3v) is 7.50. The van der Waals surface area contributed by atoms with Gasteiger partial charge in [-0.15, -0.1) is 11.3 Å². The van der Waals surface area contributed by atoms with Gasteiger partial charge in [-0.25, -0.2) is 4.98 Å². The average molecular weight is 528 g/mol. The Balaban J connectivity index is 1.46. The summed E-state index contributed by atoms with van der Waals surface area (Å²) >= 11 is 1.53. The van der Waals surface area contributed by atoms with Crippen LogP contribution in [0.2, 0.25) is 0 Å². The second-order valence-corrected chi connectivity index (χ2v) is 10.7. The highest BCUT2D eigenvalue weighted by Gasteiger charge is 2.25. The van der Waals surface area contributed by atoms with Gasteiger partial charge in [-0.2, -0.15) is 12.7 Å². The lowest BCUT2D eigenvalue weighted by Crippen LogP contribution is -2.39. The summed E-state index contributed by atoms with van der Waals surface area (Å²) in [5.74, 6) is 0.410. The van der Waals surface area contributed by atoms with Crippen molar-refractivity contribution >= 4 is 33.2 Å². The predicted octanol–water partition coefficient (Wildman–Crippen LogP) is 4.84. The lowest BCUT2D eigenvalue weighted by atomic mass is 10.2. The molecule has 0 spiro atoms. The Kier molecular flexibility index (Phi) is 7.73. The first-order valence-corrected chi connectivity index (χ1v) is 13.3. The van der Waals surface area contributed by atoms with Gasteiger partial charge in [0.05, 0.1) is 4.88 Å². The number of anilines is 1. The largest absolute Gasteiger partial charge is 0.487 e. The molecule has 0 radical (unpaired) electrons. The highest BCUT2D eigenvalue weighted by molar-refractivity contribution is 7.90. The fourth-order valence-corrected chi connectivity index (χ4v) is 5.18. The third-order valence-electron chi connectivity index (χ3n) is 5.21. The van der Waals surface area contributed by atoms with Crippen LogP contribution in [0.4, 0.5) is 5.69 Å². The molecule has 2 aromatic heterocycles. The molecular formula is C25H25N3O6S2. The van der Waals surface area contributed by atoms with Crippen LogP contribution < -0.4 is 9.46 Å². The lowest BCUT2D eigenvalue weighted by Gasteiger charge is -2.21. The van der Waals surface area contributed by atoms with E-state index in [1.165, 1.54) is 11.3 Å². The number of oxazole rings is 1. The fourth-order valence-electron chi connectivity index (χ4n) is 3.37. The zero-order valence-corrected chi connectivity index (χ0v) is 21.3. The highest BCUT2D eigenvalue weighted by Crippen LogP contribution is 2.27. The summed E-state index contributed by atoms with van der Waals surface area (Å²) in [4.78, 5) is 16.8. The molecule has 0 aliphatic carbocycles. The van der Waals surface area contributed by atoms with Crippen molar-refractivity contribution < 1.29 is 27.5 Å². The molecule has 0 aliphatic rings. The minimum Gasteiger partial charge on any atom is -0.487 e. The number of thiophene rings is 1. The summed E-state index contributed by atoms with van der Waals surface area (Å²) in [5.41, 5.74) is 2.54. The number of ether oxygens (including phenoxy) is 1. The Labute approximate surface area is 213 Å². The van der Waals surface area contributed by atoms with Crippen LogP contribution in [0.3, 0.4) is 0 Å². The molecular weight excluding hydrogens is 502 g/mol. The van der Waals surface area contributed by atoms with Gasteiger partial charge in [0.2, 0.25) is 5.89 Å². The zero-order chi connectivity index (χ0) is 25.7. The zero-order valence-electron chi connectivity index (χ0n) is 19.7. The van der Waals surface area contributed by atoms with Crippen LogP contribution >= 0.6 is 11.3 Å². The highest BCUT2D eigenvalue weighted by atomic mass is 32.2. The molecule has 0 fully saturated rings. The number of carboxylic acid groups (broad SMARTS) is 1. The molecule has 0 unspecified atom stereocenters. The van der Waals surface area contributed by atoms with Crippen molar-refractivity contribution in [1.82, 2.24) is 9.29 Å². The Morgan fingerprint density at radius 1 is 1.14 bits per heavy atom. The molecule has 2 aromatic carbocycles. The Morgan fingerprint density at radius 2 is 1.92 bits per heavy atom. The summed E-state index contributed by atoms with van der Waals surface area (Å²) in [5, 5.41) is 11.3. The Bertz CT molecular complexity index is 1430. The van der Waals surface area contributed by atoms with Crippen LogP contribution in [-0.4, -0.2) is 35.3 Å². The Morgan fingerprint density at radius 3 is 2.61 bits per heavy atom. The molecule has 4 rings (SSSR count). The first-order valence-electron chi connectivity index (χ1n) is 11.0. The van der Waals surface area contributed by atoms with E-state index in [4.69, 9.17) is 9.15 Å². The first-order chi connectivity index (χ1) is 17.2. The number of nitrogens with one attached hydrogen (secondary N) is 1. The van der Waals surface area contributed by atoms with Crippen LogP contribution in [0.5, 0.6) is 5.75 Å². The van der Waals surface area contributed by atoms with Gasteiger partial charge in [0.1, 0.15) is 30.4 Å². The van der Waals surface area contributed by atoms with Gasteiger partial charge in [-0.05, 0) is 55.1 Å². The van der Waals surface area contributed by atoms with Gasteiger partial charge in [0.15, 0.2) is 0 Å². The van der Waals surface area contributed by atoms with Crippen LogP contribution in [0.1, 0.15) is 22.6 Å². The molecule has 4 aromatic rings. The average Bonchev–Trinajstić information content (AvgIpc) is 3.49. The lowest BCUT2D eigenvalue weighted by molar-refractivity contribution is -0.137. The molecule has 0 saturated carbocycles.